The topological polar surface area (TPSA) is 64.3 Å². The first kappa shape index (κ1) is 14.5. The highest BCUT2D eigenvalue weighted by molar-refractivity contribution is 5.79. The molecule has 1 rings (SSSR count). The van der Waals surface area contributed by atoms with Crippen LogP contribution in [0.15, 0.2) is 24.3 Å². The van der Waals surface area contributed by atoms with Crippen LogP contribution in [0, 0.1) is 0 Å². The summed E-state index contributed by atoms with van der Waals surface area (Å²) in [5.74, 6) is 0.732. The zero-order valence-electron chi connectivity index (χ0n) is 11.3. The molecule has 18 heavy (non-hydrogen) atoms. The molecule has 0 saturated heterocycles. The number of carbonyl (C=O) groups is 1. The van der Waals surface area contributed by atoms with Crippen molar-refractivity contribution in [2.45, 2.75) is 39.3 Å². The first-order valence-electron chi connectivity index (χ1n) is 6.27. The Morgan fingerprint density at radius 2 is 2.00 bits per heavy atom. The molecule has 0 aliphatic heterocycles. The quantitative estimate of drug-likeness (QED) is 0.803. The van der Waals surface area contributed by atoms with Gasteiger partial charge in [0.1, 0.15) is 5.75 Å². The van der Waals surface area contributed by atoms with Gasteiger partial charge in [-0.15, -0.1) is 0 Å². The van der Waals surface area contributed by atoms with E-state index in [1.807, 2.05) is 45.0 Å². The molecule has 0 aromatic heterocycles. The predicted octanol–water partition coefficient (Wildman–Crippen LogP) is 1.48. The van der Waals surface area contributed by atoms with Gasteiger partial charge in [0, 0.05) is 18.2 Å². The van der Waals surface area contributed by atoms with Crippen LogP contribution in [0.3, 0.4) is 0 Å². The van der Waals surface area contributed by atoms with Crippen molar-refractivity contribution in [2.75, 3.05) is 6.54 Å². The van der Waals surface area contributed by atoms with E-state index in [0.717, 1.165) is 11.3 Å². The highest BCUT2D eigenvalue weighted by Crippen LogP contribution is 2.19. The molecule has 0 bridgehead atoms. The molecular weight excluding hydrogens is 228 g/mol. The van der Waals surface area contributed by atoms with Crippen LogP contribution in [0.5, 0.6) is 5.75 Å². The molecule has 1 atom stereocenters. The van der Waals surface area contributed by atoms with Crippen molar-refractivity contribution >= 4 is 5.91 Å². The standard InChI is InChI=1S/C14H22N2O2/c1-10(2)18-13-7-5-4-6-12(13)8-14(17)16-11(3)9-15/h4-7,10-11H,8-9,15H2,1-3H3,(H,16,17)/t11-/m0/s1. The smallest absolute Gasteiger partial charge is 0.224 e. The Labute approximate surface area is 109 Å². The van der Waals surface area contributed by atoms with E-state index < -0.39 is 0 Å². The van der Waals surface area contributed by atoms with Crippen LogP contribution in [0.25, 0.3) is 0 Å². The second-order valence-corrected chi connectivity index (χ2v) is 4.66. The second kappa shape index (κ2) is 7.01. The highest BCUT2D eigenvalue weighted by Gasteiger charge is 2.11. The number of carbonyl (C=O) groups excluding carboxylic acids is 1. The minimum Gasteiger partial charge on any atom is -0.491 e. The van der Waals surface area contributed by atoms with Gasteiger partial charge in [0.2, 0.25) is 5.91 Å². The molecule has 4 nitrogen and oxygen atoms in total. The average molecular weight is 250 g/mol. The fourth-order valence-electron chi connectivity index (χ4n) is 1.58. The largest absolute Gasteiger partial charge is 0.491 e. The normalized spacial score (nSPS) is 12.3. The van der Waals surface area contributed by atoms with Crippen molar-refractivity contribution in [3.63, 3.8) is 0 Å². The van der Waals surface area contributed by atoms with Gasteiger partial charge in [-0.2, -0.15) is 0 Å². The molecule has 0 fully saturated rings. The Balaban J connectivity index is 2.68. The van der Waals surface area contributed by atoms with E-state index >= 15 is 0 Å². The molecule has 100 valence electrons. The molecule has 0 saturated carbocycles. The summed E-state index contributed by atoms with van der Waals surface area (Å²) in [5, 5.41) is 2.84. The minimum absolute atomic E-state index is 0.00400. The van der Waals surface area contributed by atoms with Crippen LogP contribution in [0.2, 0.25) is 0 Å². The first-order chi connectivity index (χ1) is 8.52. The summed E-state index contributed by atoms with van der Waals surface area (Å²) in [6.07, 6.45) is 0.407. The van der Waals surface area contributed by atoms with Gasteiger partial charge >= 0.3 is 0 Å². The number of nitrogens with two attached hydrogens (primary N) is 1. The third kappa shape index (κ3) is 4.75. The van der Waals surface area contributed by atoms with E-state index in [0.29, 0.717) is 13.0 Å². The summed E-state index contributed by atoms with van der Waals surface area (Å²) < 4.78 is 5.67. The molecule has 1 aromatic carbocycles. The monoisotopic (exact) mass is 250 g/mol. The molecule has 0 spiro atoms. The van der Waals surface area contributed by atoms with Crippen molar-refractivity contribution in [1.29, 1.82) is 0 Å². The molecule has 3 N–H and O–H groups in total. The third-order valence-corrected chi connectivity index (χ3v) is 2.45. The molecule has 0 radical (unpaired) electrons. The summed E-state index contributed by atoms with van der Waals surface area (Å²) in [6, 6.07) is 7.60. The third-order valence-electron chi connectivity index (χ3n) is 2.45. The van der Waals surface area contributed by atoms with E-state index in [2.05, 4.69) is 5.32 Å². The molecule has 4 heteroatoms. The average Bonchev–Trinajstić information content (AvgIpc) is 2.30. The summed E-state index contributed by atoms with van der Waals surface area (Å²) in [7, 11) is 0. The maximum absolute atomic E-state index is 11.8. The van der Waals surface area contributed by atoms with Gasteiger partial charge in [-0.1, -0.05) is 18.2 Å². The van der Waals surface area contributed by atoms with Gasteiger partial charge in [0.15, 0.2) is 0 Å². The number of amides is 1. The summed E-state index contributed by atoms with van der Waals surface area (Å²) in [6.45, 7) is 6.25. The van der Waals surface area contributed by atoms with Gasteiger partial charge in [0.25, 0.3) is 0 Å². The van der Waals surface area contributed by atoms with E-state index in [1.165, 1.54) is 0 Å². The summed E-state index contributed by atoms with van der Waals surface area (Å²) >= 11 is 0. The lowest BCUT2D eigenvalue weighted by Gasteiger charge is -2.15. The lowest BCUT2D eigenvalue weighted by atomic mass is 10.1. The SMILES string of the molecule is CC(C)Oc1ccccc1CC(=O)N[C@@H](C)CN. The number of hydrogen-bond acceptors (Lipinski definition) is 3. The van der Waals surface area contributed by atoms with Crippen molar-refractivity contribution in [3.8, 4) is 5.75 Å². The molecule has 0 unspecified atom stereocenters. The Bertz CT molecular complexity index is 391. The van der Waals surface area contributed by atoms with E-state index in [9.17, 15) is 4.79 Å². The van der Waals surface area contributed by atoms with E-state index in [1.54, 1.807) is 0 Å². The van der Waals surface area contributed by atoms with Crippen molar-refractivity contribution in [1.82, 2.24) is 5.32 Å². The number of hydrogen-bond donors (Lipinski definition) is 2. The predicted molar refractivity (Wildman–Crippen MR) is 72.6 cm³/mol. The molecule has 1 amide bonds. The van der Waals surface area contributed by atoms with Gasteiger partial charge in [-0.3, -0.25) is 4.79 Å². The van der Waals surface area contributed by atoms with Crippen molar-refractivity contribution in [3.05, 3.63) is 29.8 Å². The van der Waals surface area contributed by atoms with Crippen LogP contribution in [0.4, 0.5) is 0 Å². The van der Waals surface area contributed by atoms with Crippen LogP contribution in [-0.4, -0.2) is 24.6 Å². The lowest BCUT2D eigenvalue weighted by molar-refractivity contribution is -0.121. The second-order valence-electron chi connectivity index (χ2n) is 4.66. The Hall–Kier alpha value is -1.55. The summed E-state index contributed by atoms with van der Waals surface area (Å²) in [5.41, 5.74) is 6.37. The van der Waals surface area contributed by atoms with Crippen LogP contribution in [-0.2, 0) is 11.2 Å². The van der Waals surface area contributed by atoms with E-state index in [-0.39, 0.29) is 18.1 Å². The fourth-order valence-corrected chi connectivity index (χ4v) is 1.58. The van der Waals surface area contributed by atoms with Crippen molar-refractivity contribution < 1.29 is 9.53 Å². The Kier molecular flexibility index (Phi) is 5.65. The zero-order chi connectivity index (χ0) is 13.5. The number of ether oxygens (including phenoxy) is 1. The molecule has 1 aromatic rings. The fraction of sp³-hybridized carbons (Fsp3) is 0.500. The van der Waals surface area contributed by atoms with Crippen LogP contribution < -0.4 is 15.8 Å². The summed E-state index contributed by atoms with van der Waals surface area (Å²) in [4.78, 5) is 11.8. The van der Waals surface area contributed by atoms with Crippen LogP contribution >= 0.6 is 0 Å². The lowest BCUT2D eigenvalue weighted by Crippen LogP contribution is -2.38. The van der Waals surface area contributed by atoms with Gasteiger partial charge in [-0.25, -0.2) is 0 Å². The van der Waals surface area contributed by atoms with Gasteiger partial charge in [0.05, 0.1) is 12.5 Å². The maximum atomic E-state index is 11.8. The van der Waals surface area contributed by atoms with E-state index in [4.69, 9.17) is 10.5 Å². The molecule has 0 aliphatic carbocycles. The molecule has 0 heterocycles. The molecule has 0 aliphatic rings. The Morgan fingerprint density at radius 1 is 1.33 bits per heavy atom. The Morgan fingerprint density at radius 3 is 2.61 bits per heavy atom. The number of nitrogens with one attached hydrogen (secondary N) is 1. The zero-order valence-corrected chi connectivity index (χ0v) is 11.3. The number of rotatable bonds is 6. The first-order valence-corrected chi connectivity index (χ1v) is 6.27. The van der Waals surface area contributed by atoms with Crippen molar-refractivity contribution in [2.24, 2.45) is 5.73 Å². The number of benzene rings is 1. The van der Waals surface area contributed by atoms with Gasteiger partial charge < -0.3 is 15.8 Å². The minimum atomic E-state index is -0.0345. The molecular formula is C14H22N2O2. The number of para-hydroxylation sites is 1. The van der Waals surface area contributed by atoms with Gasteiger partial charge in [-0.05, 0) is 26.8 Å². The highest BCUT2D eigenvalue weighted by atomic mass is 16.5. The maximum Gasteiger partial charge on any atom is 0.224 e. The van der Waals surface area contributed by atoms with Crippen LogP contribution in [0.1, 0.15) is 26.3 Å².